The first-order chi connectivity index (χ1) is 9.84. The Balaban J connectivity index is 1.78. The zero-order valence-electron chi connectivity index (χ0n) is 13.1. The lowest BCUT2D eigenvalue weighted by Crippen LogP contribution is -2.46. The van der Waals surface area contributed by atoms with Crippen LogP contribution in [0.25, 0.3) is 0 Å². The van der Waals surface area contributed by atoms with Crippen LogP contribution in [0.2, 0.25) is 0 Å². The van der Waals surface area contributed by atoms with Crippen LogP contribution in [0.5, 0.6) is 0 Å². The molecule has 0 aliphatic carbocycles. The molecule has 0 radical (unpaired) electrons. The highest BCUT2D eigenvalue weighted by atomic mass is 32.1. The fourth-order valence-electron chi connectivity index (χ4n) is 2.38. The molecule has 0 amide bonds. The summed E-state index contributed by atoms with van der Waals surface area (Å²) in [6.45, 7) is 12.0. The van der Waals surface area contributed by atoms with Crippen molar-refractivity contribution in [2.75, 3.05) is 32.7 Å². The first-order valence-electron chi connectivity index (χ1n) is 7.46. The summed E-state index contributed by atoms with van der Waals surface area (Å²) in [5.41, 5.74) is 1.28. The molecule has 0 aromatic carbocycles. The molecule has 0 unspecified atom stereocenters. The zero-order valence-corrected chi connectivity index (χ0v) is 13.9. The Kier molecular flexibility index (Phi) is 5.35. The largest absolute Gasteiger partial charge is 0.481 e. The van der Waals surface area contributed by atoms with E-state index in [2.05, 4.69) is 36.0 Å². The van der Waals surface area contributed by atoms with Crippen LogP contribution in [0, 0.1) is 0 Å². The van der Waals surface area contributed by atoms with Crippen molar-refractivity contribution in [2.45, 2.75) is 39.2 Å². The fraction of sp³-hybridized carbons (Fsp3) is 0.733. The molecule has 1 aliphatic heterocycles. The number of aliphatic carboxylic acids is 1. The SMILES string of the molecule is CC(C)(C)c1nc(CN2CCN(CCC(=O)O)CC2)cs1. The number of carboxylic acids is 1. The highest BCUT2D eigenvalue weighted by Gasteiger charge is 2.21. The Morgan fingerprint density at radius 1 is 1.29 bits per heavy atom. The fourth-order valence-corrected chi connectivity index (χ4v) is 3.28. The van der Waals surface area contributed by atoms with Gasteiger partial charge >= 0.3 is 5.97 Å². The predicted octanol–water partition coefficient (Wildman–Crippen LogP) is 2.03. The van der Waals surface area contributed by atoms with Gasteiger partial charge in [0.25, 0.3) is 0 Å². The summed E-state index contributed by atoms with van der Waals surface area (Å²) in [6.07, 6.45) is 0.237. The van der Waals surface area contributed by atoms with E-state index < -0.39 is 5.97 Å². The molecule has 2 rings (SSSR count). The lowest BCUT2D eigenvalue weighted by Gasteiger charge is -2.34. The van der Waals surface area contributed by atoms with Gasteiger partial charge in [-0.3, -0.25) is 9.69 Å². The average molecular weight is 311 g/mol. The molecule has 118 valence electrons. The van der Waals surface area contributed by atoms with Crippen LogP contribution >= 0.6 is 11.3 Å². The molecule has 1 saturated heterocycles. The summed E-state index contributed by atoms with van der Waals surface area (Å²) in [5.74, 6) is -0.713. The smallest absolute Gasteiger partial charge is 0.304 e. The lowest BCUT2D eigenvalue weighted by molar-refractivity contribution is -0.137. The van der Waals surface area contributed by atoms with Crippen molar-refractivity contribution in [3.8, 4) is 0 Å². The minimum absolute atomic E-state index is 0.123. The van der Waals surface area contributed by atoms with Gasteiger partial charge in [-0.1, -0.05) is 20.8 Å². The summed E-state index contributed by atoms with van der Waals surface area (Å²) in [7, 11) is 0. The summed E-state index contributed by atoms with van der Waals surface area (Å²) in [5, 5.41) is 12.1. The summed E-state index contributed by atoms with van der Waals surface area (Å²) >= 11 is 1.74. The number of aromatic nitrogens is 1. The van der Waals surface area contributed by atoms with Crippen molar-refractivity contribution in [1.29, 1.82) is 0 Å². The maximum Gasteiger partial charge on any atom is 0.304 e. The van der Waals surface area contributed by atoms with Crippen molar-refractivity contribution in [2.24, 2.45) is 0 Å². The van der Waals surface area contributed by atoms with E-state index in [4.69, 9.17) is 10.1 Å². The third-order valence-corrected chi connectivity index (χ3v) is 5.00. The zero-order chi connectivity index (χ0) is 15.5. The van der Waals surface area contributed by atoms with Crippen LogP contribution < -0.4 is 0 Å². The highest BCUT2D eigenvalue weighted by Crippen LogP contribution is 2.26. The van der Waals surface area contributed by atoms with Crippen molar-refractivity contribution < 1.29 is 9.90 Å². The molecule has 6 heteroatoms. The molecule has 1 aromatic rings. The lowest BCUT2D eigenvalue weighted by atomic mass is 9.98. The van der Waals surface area contributed by atoms with Crippen LogP contribution in [0.3, 0.4) is 0 Å². The van der Waals surface area contributed by atoms with E-state index in [1.165, 1.54) is 5.01 Å². The molecule has 0 bridgehead atoms. The first kappa shape index (κ1) is 16.4. The molecule has 0 saturated carbocycles. The number of piperazine rings is 1. The quantitative estimate of drug-likeness (QED) is 0.902. The second-order valence-electron chi connectivity index (χ2n) is 6.66. The molecular weight excluding hydrogens is 286 g/mol. The topological polar surface area (TPSA) is 56.7 Å². The van der Waals surface area contributed by atoms with Gasteiger partial charge in [-0.25, -0.2) is 4.98 Å². The minimum atomic E-state index is -0.713. The van der Waals surface area contributed by atoms with E-state index >= 15 is 0 Å². The molecule has 21 heavy (non-hydrogen) atoms. The Hall–Kier alpha value is -0.980. The van der Waals surface area contributed by atoms with Gasteiger partial charge < -0.3 is 10.0 Å². The molecule has 0 atom stereocenters. The average Bonchev–Trinajstić information content (AvgIpc) is 2.86. The number of nitrogens with zero attached hydrogens (tertiary/aromatic N) is 3. The van der Waals surface area contributed by atoms with Crippen LogP contribution in [-0.2, 0) is 16.8 Å². The normalized spacial score (nSPS) is 18.0. The van der Waals surface area contributed by atoms with Gasteiger partial charge in [0.05, 0.1) is 17.1 Å². The van der Waals surface area contributed by atoms with Gasteiger partial charge in [0.1, 0.15) is 0 Å². The van der Waals surface area contributed by atoms with E-state index in [1.807, 2.05) is 0 Å². The van der Waals surface area contributed by atoms with Gasteiger partial charge in [-0.2, -0.15) is 0 Å². The number of rotatable bonds is 5. The van der Waals surface area contributed by atoms with E-state index in [1.54, 1.807) is 11.3 Å². The molecule has 5 nitrogen and oxygen atoms in total. The summed E-state index contributed by atoms with van der Waals surface area (Å²) < 4.78 is 0. The standard InChI is InChI=1S/C15H25N3O2S/c1-15(2,3)14-16-12(11-21-14)10-18-8-6-17(7-9-18)5-4-13(19)20/h11H,4-10H2,1-3H3,(H,19,20). The van der Waals surface area contributed by atoms with Crippen LogP contribution in [-0.4, -0.2) is 58.6 Å². The Labute approximate surface area is 130 Å². The Morgan fingerprint density at radius 3 is 2.43 bits per heavy atom. The molecule has 1 aliphatic rings. The minimum Gasteiger partial charge on any atom is -0.481 e. The van der Waals surface area contributed by atoms with Gasteiger partial charge in [0.15, 0.2) is 0 Å². The van der Waals surface area contributed by atoms with Gasteiger partial charge in [-0.05, 0) is 0 Å². The third-order valence-electron chi connectivity index (χ3n) is 3.69. The van der Waals surface area contributed by atoms with E-state index in [9.17, 15) is 4.79 Å². The summed E-state index contributed by atoms with van der Waals surface area (Å²) in [6, 6.07) is 0. The van der Waals surface area contributed by atoms with Gasteiger partial charge in [-0.15, -0.1) is 11.3 Å². The maximum absolute atomic E-state index is 10.6. The predicted molar refractivity (Wildman–Crippen MR) is 84.8 cm³/mol. The second kappa shape index (κ2) is 6.85. The first-order valence-corrected chi connectivity index (χ1v) is 8.34. The number of hydrogen-bond donors (Lipinski definition) is 1. The van der Waals surface area contributed by atoms with Crippen molar-refractivity contribution >= 4 is 17.3 Å². The third kappa shape index (κ3) is 5.05. The molecule has 1 N–H and O–H groups in total. The number of carboxylic acid groups (broad SMARTS) is 1. The van der Waals surface area contributed by atoms with Crippen molar-refractivity contribution in [3.63, 3.8) is 0 Å². The van der Waals surface area contributed by atoms with Gasteiger partial charge in [0.2, 0.25) is 0 Å². The van der Waals surface area contributed by atoms with Crippen LogP contribution in [0.1, 0.15) is 37.9 Å². The van der Waals surface area contributed by atoms with Crippen molar-refractivity contribution in [3.05, 3.63) is 16.1 Å². The Morgan fingerprint density at radius 2 is 1.90 bits per heavy atom. The van der Waals surface area contributed by atoms with E-state index in [0.717, 1.165) is 38.4 Å². The molecular formula is C15H25N3O2S. The highest BCUT2D eigenvalue weighted by molar-refractivity contribution is 7.09. The second-order valence-corrected chi connectivity index (χ2v) is 7.51. The van der Waals surface area contributed by atoms with Crippen molar-refractivity contribution in [1.82, 2.24) is 14.8 Å². The Bertz CT molecular complexity index is 474. The summed E-state index contributed by atoms with van der Waals surface area (Å²) in [4.78, 5) is 20.0. The molecule has 2 heterocycles. The van der Waals surface area contributed by atoms with E-state index in [0.29, 0.717) is 6.54 Å². The van der Waals surface area contributed by atoms with E-state index in [-0.39, 0.29) is 11.8 Å². The number of carbonyl (C=O) groups is 1. The molecule has 1 fully saturated rings. The van der Waals surface area contributed by atoms with Crippen LogP contribution in [0.15, 0.2) is 5.38 Å². The number of thiazole rings is 1. The number of hydrogen-bond acceptors (Lipinski definition) is 5. The van der Waals surface area contributed by atoms with Gasteiger partial charge in [0, 0.05) is 50.1 Å². The molecule has 0 spiro atoms. The monoisotopic (exact) mass is 311 g/mol. The molecule has 1 aromatic heterocycles. The van der Waals surface area contributed by atoms with Crippen LogP contribution in [0.4, 0.5) is 0 Å². The maximum atomic E-state index is 10.6.